The molecule has 0 radical (unpaired) electrons. The minimum absolute atomic E-state index is 0.0718. The number of thiol groups is 1. The highest BCUT2D eigenvalue weighted by Gasteiger charge is 2.29. The fourth-order valence-electron chi connectivity index (χ4n) is 3.42. The Hall–Kier alpha value is -3.58. The molecule has 0 aliphatic carbocycles. The average Bonchev–Trinajstić information content (AvgIpc) is 3.32. The number of aromatic nitrogens is 3. The Kier molecular flexibility index (Phi) is 7.00. The minimum Gasteiger partial charge on any atom is -0.481 e. The standard InChI is InChI=1S/C19H24N6O6S/c1-21-15-14-9(8-22-16(14)24-19(20)23-15)2-3-10-4-6-12(18(30)31)32(10)25-11(17(28)29)5-7-13(26)27/h4,6,8,11,25,32H,2-3,5,7H2,1H3,(H,26,27)(H,28,29)(H,30,31)(H4,20,21,22,23,24)/t11-/m0/s1. The predicted octanol–water partition coefficient (Wildman–Crippen LogP) is 1.20. The van der Waals surface area contributed by atoms with E-state index in [4.69, 9.17) is 10.8 Å². The largest absolute Gasteiger partial charge is 0.481 e. The average molecular weight is 465 g/mol. The van der Waals surface area contributed by atoms with E-state index >= 15 is 0 Å². The predicted molar refractivity (Wildman–Crippen MR) is 120 cm³/mol. The van der Waals surface area contributed by atoms with Crippen molar-refractivity contribution in [3.05, 3.63) is 33.7 Å². The van der Waals surface area contributed by atoms with Gasteiger partial charge >= 0.3 is 17.9 Å². The van der Waals surface area contributed by atoms with Gasteiger partial charge in [0.25, 0.3) is 0 Å². The lowest BCUT2D eigenvalue weighted by Crippen LogP contribution is -2.36. The van der Waals surface area contributed by atoms with Gasteiger partial charge in [0, 0.05) is 19.7 Å². The fourth-order valence-corrected chi connectivity index (χ4v) is 5.55. The van der Waals surface area contributed by atoms with Crippen molar-refractivity contribution in [1.82, 2.24) is 19.7 Å². The van der Waals surface area contributed by atoms with Crippen LogP contribution in [0.4, 0.5) is 11.8 Å². The Labute approximate surface area is 185 Å². The second kappa shape index (κ2) is 9.70. The van der Waals surface area contributed by atoms with Crippen LogP contribution in [0.3, 0.4) is 0 Å². The molecule has 1 aliphatic heterocycles. The first-order valence-electron chi connectivity index (χ1n) is 9.67. The topological polar surface area (TPSA) is 204 Å². The maximum absolute atomic E-state index is 11.7. The minimum atomic E-state index is -1.63. The normalized spacial score (nSPS) is 17.6. The van der Waals surface area contributed by atoms with Crippen LogP contribution in [-0.2, 0) is 20.8 Å². The van der Waals surface area contributed by atoms with Crippen molar-refractivity contribution in [2.75, 3.05) is 18.1 Å². The van der Waals surface area contributed by atoms with Crippen molar-refractivity contribution in [1.29, 1.82) is 0 Å². The van der Waals surface area contributed by atoms with E-state index in [1.807, 2.05) is 0 Å². The summed E-state index contributed by atoms with van der Waals surface area (Å²) in [7, 11) is 1.72. The lowest BCUT2D eigenvalue weighted by molar-refractivity contribution is -0.140. The molecule has 1 unspecified atom stereocenters. The molecule has 3 rings (SSSR count). The molecule has 12 nitrogen and oxygen atoms in total. The van der Waals surface area contributed by atoms with Crippen LogP contribution >= 0.6 is 11.1 Å². The number of carbonyl (C=O) groups is 3. The highest BCUT2D eigenvalue weighted by molar-refractivity contribution is 8.23. The van der Waals surface area contributed by atoms with Crippen LogP contribution in [0.2, 0.25) is 0 Å². The molecule has 32 heavy (non-hydrogen) atoms. The van der Waals surface area contributed by atoms with Crippen molar-refractivity contribution in [3.8, 4) is 0 Å². The highest BCUT2D eigenvalue weighted by Crippen LogP contribution is 2.47. The molecule has 13 heteroatoms. The molecule has 0 aromatic carbocycles. The number of nitrogens with one attached hydrogen (secondary N) is 3. The number of nitrogens with two attached hydrogens (primary N) is 1. The maximum Gasteiger partial charge on any atom is 0.341 e. The zero-order valence-electron chi connectivity index (χ0n) is 17.1. The number of carboxylic acid groups (broad SMARTS) is 3. The number of hydrogen-bond donors (Lipinski definition) is 8. The number of anilines is 2. The summed E-state index contributed by atoms with van der Waals surface area (Å²) in [5, 5.41) is 31.6. The number of carboxylic acids is 3. The van der Waals surface area contributed by atoms with Crippen molar-refractivity contribution in [2.24, 2.45) is 0 Å². The summed E-state index contributed by atoms with van der Waals surface area (Å²) in [5.41, 5.74) is 7.18. The molecule has 8 N–H and O–H groups in total. The first-order valence-corrected chi connectivity index (χ1v) is 11.0. The number of nitrogens with zero attached hydrogens (tertiary/aromatic N) is 2. The number of H-pyrrole nitrogens is 1. The quantitative estimate of drug-likeness (QED) is 0.222. The van der Waals surface area contributed by atoms with Gasteiger partial charge in [-0.05, 0) is 35.8 Å². The van der Waals surface area contributed by atoms with Gasteiger partial charge in [-0.2, -0.15) is 9.97 Å². The molecule has 1 aliphatic rings. The third kappa shape index (κ3) is 5.00. The second-order valence-electron chi connectivity index (χ2n) is 7.02. The van der Waals surface area contributed by atoms with Gasteiger partial charge in [-0.1, -0.05) is 6.08 Å². The van der Waals surface area contributed by atoms with Crippen LogP contribution in [0.15, 0.2) is 28.2 Å². The molecule has 2 atom stereocenters. The Morgan fingerprint density at radius 2 is 1.94 bits per heavy atom. The van der Waals surface area contributed by atoms with E-state index in [-0.39, 0.29) is 23.7 Å². The maximum atomic E-state index is 11.7. The second-order valence-corrected chi connectivity index (χ2v) is 9.01. The summed E-state index contributed by atoms with van der Waals surface area (Å²) in [6.45, 7) is 0. The first-order chi connectivity index (χ1) is 15.2. The van der Waals surface area contributed by atoms with E-state index in [1.165, 1.54) is 6.08 Å². The van der Waals surface area contributed by atoms with Crippen LogP contribution in [0.5, 0.6) is 0 Å². The number of allylic oxidation sites excluding steroid dienone is 3. The van der Waals surface area contributed by atoms with Gasteiger partial charge in [-0.15, -0.1) is 11.1 Å². The van der Waals surface area contributed by atoms with E-state index in [2.05, 4.69) is 25.0 Å². The van der Waals surface area contributed by atoms with E-state index < -0.39 is 35.0 Å². The summed E-state index contributed by atoms with van der Waals surface area (Å²) in [5.74, 6) is -2.81. The first kappa shape index (κ1) is 23.1. The molecule has 2 aromatic heterocycles. The lowest BCUT2D eigenvalue weighted by Gasteiger charge is -2.27. The summed E-state index contributed by atoms with van der Waals surface area (Å²) in [6, 6.07) is -1.18. The van der Waals surface area contributed by atoms with Crippen LogP contribution in [0.25, 0.3) is 11.0 Å². The molecular weight excluding hydrogens is 440 g/mol. The van der Waals surface area contributed by atoms with Gasteiger partial charge in [-0.3, -0.25) is 14.3 Å². The van der Waals surface area contributed by atoms with Gasteiger partial charge in [0.2, 0.25) is 5.95 Å². The number of aryl methyl sites for hydroxylation is 1. The summed E-state index contributed by atoms with van der Waals surface area (Å²) < 4.78 is 2.87. The Bertz CT molecular complexity index is 1130. The molecule has 2 aromatic rings. The monoisotopic (exact) mass is 464 g/mol. The molecule has 3 heterocycles. The summed E-state index contributed by atoms with van der Waals surface area (Å²) in [4.78, 5) is 46.4. The van der Waals surface area contributed by atoms with Crippen molar-refractivity contribution >= 4 is 51.8 Å². The molecule has 172 valence electrons. The van der Waals surface area contributed by atoms with E-state index in [1.54, 1.807) is 19.3 Å². The van der Waals surface area contributed by atoms with Crippen molar-refractivity contribution in [2.45, 2.75) is 31.7 Å². The number of fused-ring (bicyclic) bond motifs is 1. The molecular formula is C19H24N6O6S. The van der Waals surface area contributed by atoms with Crippen LogP contribution in [-0.4, -0.2) is 61.3 Å². The number of aromatic amines is 1. The van der Waals surface area contributed by atoms with Gasteiger partial charge in [0.1, 0.15) is 17.5 Å². The SMILES string of the molecule is CNc1nc(N)nc2[nH]cc(CCC3=CC=C(C(=O)O)[SH]3N[C@@H](CCC(=O)O)C(=O)O)c12. The Balaban J connectivity index is 1.79. The number of hydrogen-bond acceptors (Lipinski definition) is 8. The van der Waals surface area contributed by atoms with Crippen LogP contribution < -0.4 is 15.8 Å². The number of nitrogen functional groups attached to an aromatic ring is 1. The Morgan fingerprint density at radius 3 is 2.56 bits per heavy atom. The van der Waals surface area contributed by atoms with Crippen LogP contribution in [0, 0.1) is 0 Å². The third-order valence-electron chi connectivity index (χ3n) is 4.93. The molecule has 0 saturated heterocycles. The van der Waals surface area contributed by atoms with Gasteiger partial charge in [0.05, 0.1) is 10.3 Å². The van der Waals surface area contributed by atoms with Crippen molar-refractivity contribution < 1.29 is 29.7 Å². The smallest absolute Gasteiger partial charge is 0.341 e. The zero-order valence-corrected chi connectivity index (χ0v) is 18.0. The highest BCUT2D eigenvalue weighted by atomic mass is 32.2. The molecule has 0 spiro atoms. The zero-order chi connectivity index (χ0) is 23.4. The van der Waals surface area contributed by atoms with E-state index in [9.17, 15) is 24.6 Å². The molecule has 0 fully saturated rings. The summed E-state index contributed by atoms with van der Waals surface area (Å²) >= 11 is -1.63. The Morgan fingerprint density at radius 1 is 1.19 bits per heavy atom. The van der Waals surface area contributed by atoms with Gasteiger partial charge in [0.15, 0.2) is 0 Å². The van der Waals surface area contributed by atoms with Gasteiger partial charge in [-0.25, -0.2) is 4.79 Å². The fraction of sp³-hybridized carbons (Fsp3) is 0.316. The molecule has 0 amide bonds. The molecule has 0 bridgehead atoms. The number of aliphatic carboxylic acids is 3. The van der Waals surface area contributed by atoms with E-state index in [0.717, 1.165) is 15.9 Å². The van der Waals surface area contributed by atoms with Crippen molar-refractivity contribution in [3.63, 3.8) is 0 Å². The summed E-state index contributed by atoms with van der Waals surface area (Å²) in [6.07, 6.45) is 5.40. The lowest BCUT2D eigenvalue weighted by atomic mass is 10.1. The number of rotatable bonds is 11. The van der Waals surface area contributed by atoms with Gasteiger partial charge < -0.3 is 31.4 Å². The van der Waals surface area contributed by atoms with Crippen LogP contribution in [0.1, 0.15) is 24.8 Å². The third-order valence-corrected chi connectivity index (χ3v) is 7.27. The van der Waals surface area contributed by atoms with E-state index in [0.29, 0.717) is 24.3 Å². The molecule has 0 saturated carbocycles.